The number of nitrogens with zero attached hydrogens (tertiary/aromatic N) is 5. The second-order valence-electron chi connectivity index (χ2n) is 10.1. The molecule has 0 bridgehead atoms. The lowest BCUT2D eigenvalue weighted by molar-refractivity contribution is 0.0815. The van der Waals surface area contributed by atoms with Gasteiger partial charge in [-0.2, -0.15) is 10.1 Å². The van der Waals surface area contributed by atoms with E-state index in [9.17, 15) is 0 Å². The fourth-order valence-electron chi connectivity index (χ4n) is 4.08. The lowest BCUT2D eigenvalue weighted by atomic mass is 10.1. The zero-order valence-corrected chi connectivity index (χ0v) is 22.1. The lowest BCUT2D eigenvalue weighted by Gasteiger charge is -2.15. The smallest absolute Gasteiger partial charge is 0.222 e. The number of pyridine rings is 1. The molecule has 4 heterocycles. The van der Waals surface area contributed by atoms with Crippen LogP contribution >= 0.6 is 0 Å². The molecule has 0 saturated carbocycles. The molecular weight excluding hydrogens is 470 g/mol. The highest BCUT2D eigenvalue weighted by molar-refractivity contribution is 6.76. The summed E-state index contributed by atoms with van der Waals surface area (Å²) in [6.45, 7) is 10.8. The molecule has 0 spiro atoms. The minimum absolute atomic E-state index is 0.177. The summed E-state index contributed by atoms with van der Waals surface area (Å²) >= 11 is 0. The fourth-order valence-corrected chi connectivity index (χ4v) is 4.84. The Morgan fingerprint density at radius 3 is 2.81 bits per heavy atom. The van der Waals surface area contributed by atoms with Crippen LogP contribution in [0.15, 0.2) is 53.4 Å². The molecule has 0 unspecified atom stereocenters. The summed E-state index contributed by atoms with van der Waals surface area (Å²) in [6.07, 6.45) is 5.25. The van der Waals surface area contributed by atoms with E-state index in [1.165, 1.54) is 0 Å². The number of anilines is 2. The number of nitrogen functional groups attached to an aromatic ring is 1. The van der Waals surface area contributed by atoms with Crippen LogP contribution in [0.4, 0.5) is 11.8 Å². The number of aromatic nitrogens is 5. The summed E-state index contributed by atoms with van der Waals surface area (Å²) in [7, 11) is -1.15. The Hall–Kier alpha value is -3.76. The Bertz CT molecular complexity index is 1510. The van der Waals surface area contributed by atoms with Crippen LogP contribution in [0.3, 0.4) is 0 Å². The molecule has 0 aliphatic rings. The van der Waals surface area contributed by atoms with Crippen LogP contribution in [0.5, 0.6) is 0 Å². The van der Waals surface area contributed by atoms with Crippen molar-refractivity contribution in [2.24, 2.45) is 0 Å². The predicted octanol–water partition coefficient (Wildman–Crippen LogP) is 5.45. The number of nitrogens with two attached hydrogens (primary N) is 1. The van der Waals surface area contributed by atoms with Crippen LogP contribution < -0.4 is 11.1 Å². The van der Waals surface area contributed by atoms with Gasteiger partial charge in [0.05, 0.1) is 11.2 Å². The van der Waals surface area contributed by atoms with Gasteiger partial charge >= 0.3 is 0 Å². The molecule has 0 aliphatic carbocycles. The maximum atomic E-state index is 6.07. The molecule has 4 aromatic heterocycles. The molecule has 0 saturated heterocycles. The maximum absolute atomic E-state index is 6.07. The number of furan rings is 1. The van der Waals surface area contributed by atoms with E-state index < -0.39 is 8.07 Å². The molecule has 36 heavy (non-hydrogen) atoms. The van der Waals surface area contributed by atoms with Gasteiger partial charge < -0.3 is 20.2 Å². The number of benzene rings is 1. The molecule has 0 radical (unpaired) electrons. The van der Waals surface area contributed by atoms with E-state index in [4.69, 9.17) is 20.0 Å². The predicted molar refractivity (Wildman–Crippen MR) is 145 cm³/mol. The van der Waals surface area contributed by atoms with Crippen LogP contribution in [0.1, 0.15) is 11.3 Å². The molecule has 10 heteroatoms. The Morgan fingerprint density at radius 1 is 1.17 bits per heavy atom. The minimum atomic E-state index is -1.15. The second-order valence-corrected chi connectivity index (χ2v) is 15.8. The summed E-state index contributed by atoms with van der Waals surface area (Å²) in [5.74, 6) is 0.724. The van der Waals surface area contributed by atoms with Crippen LogP contribution in [-0.2, 0) is 18.0 Å². The molecule has 0 aliphatic heterocycles. The first-order valence-corrected chi connectivity index (χ1v) is 15.7. The summed E-state index contributed by atoms with van der Waals surface area (Å²) < 4.78 is 13.8. The molecule has 5 aromatic rings. The van der Waals surface area contributed by atoms with Gasteiger partial charge in [0.1, 0.15) is 18.5 Å². The van der Waals surface area contributed by atoms with Crippen LogP contribution in [0, 0.1) is 6.92 Å². The zero-order valence-electron chi connectivity index (χ0n) is 21.1. The Balaban J connectivity index is 1.45. The zero-order chi connectivity index (χ0) is 25.3. The highest BCUT2D eigenvalue weighted by Crippen LogP contribution is 2.35. The SMILES string of the molecule is Cc1nn(COCC[Si](C)(C)C)c2cc(-c3coc4c(NCc5cccnc5)nc(N)nc34)ccc12. The van der Waals surface area contributed by atoms with Crippen molar-refractivity contribution in [3.05, 3.63) is 60.2 Å². The van der Waals surface area contributed by atoms with Gasteiger partial charge in [0.2, 0.25) is 5.95 Å². The highest BCUT2D eigenvalue weighted by atomic mass is 28.3. The van der Waals surface area contributed by atoms with Gasteiger partial charge in [-0.3, -0.25) is 4.98 Å². The molecule has 186 valence electrons. The van der Waals surface area contributed by atoms with Gasteiger partial charge in [0.15, 0.2) is 11.4 Å². The average molecular weight is 502 g/mol. The maximum Gasteiger partial charge on any atom is 0.222 e. The van der Waals surface area contributed by atoms with Crippen molar-refractivity contribution >= 4 is 41.8 Å². The Kier molecular flexibility index (Phi) is 6.46. The monoisotopic (exact) mass is 501 g/mol. The third-order valence-corrected chi connectivity index (χ3v) is 7.78. The highest BCUT2D eigenvalue weighted by Gasteiger charge is 2.18. The Morgan fingerprint density at radius 2 is 2.03 bits per heavy atom. The van der Waals surface area contributed by atoms with Crippen LogP contribution in [-0.4, -0.2) is 39.4 Å². The van der Waals surface area contributed by atoms with Crippen molar-refractivity contribution in [3.63, 3.8) is 0 Å². The van der Waals surface area contributed by atoms with E-state index in [-0.39, 0.29) is 5.95 Å². The van der Waals surface area contributed by atoms with Gasteiger partial charge in [-0.05, 0) is 36.2 Å². The van der Waals surface area contributed by atoms with E-state index in [0.29, 0.717) is 30.2 Å². The third kappa shape index (κ3) is 5.09. The Labute approximate surface area is 210 Å². The normalized spacial score (nSPS) is 12.0. The number of fused-ring (bicyclic) bond motifs is 2. The molecule has 1 aromatic carbocycles. The van der Waals surface area contributed by atoms with Gasteiger partial charge in [-0.15, -0.1) is 0 Å². The number of hydrogen-bond acceptors (Lipinski definition) is 8. The first-order valence-electron chi connectivity index (χ1n) is 12.0. The van der Waals surface area contributed by atoms with E-state index in [2.05, 4.69) is 58.1 Å². The van der Waals surface area contributed by atoms with E-state index >= 15 is 0 Å². The summed E-state index contributed by atoms with van der Waals surface area (Å²) in [5, 5.41) is 9.10. The number of nitrogens with one attached hydrogen (secondary N) is 1. The number of hydrogen-bond donors (Lipinski definition) is 2. The van der Waals surface area contributed by atoms with Gasteiger partial charge in [-0.1, -0.05) is 37.8 Å². The molecule has 0 atom stereocenters. The van der Waals surface area contributed by atoms with Crippen LogP contribution in [0.25, 0.3) is 33.1 Å². The molecule has 0 amide bonds. The largest absolute Gasteiger partial charge is 0.458 e. The summed E-state index contributed by atoms with van der Waals surface area (Å²) in [5.41, 5.74) is 12.1. The van der Waals surface area contributed by atoms with Crippen LogP contribution in [0.2, 0.25) is 25.7 Å². The van der Waals surface area contributed by atoms with Crippen molar-refractivity contribution < 1.29 is 9.15 Å². The standard InChI is InChI=1S/C26H31N7O2Si/c1-17-20-8-7-19(12-22(20)33(32-17)16-34-10-11-36(2,3)4)21-15-35-24-23(21)30-26(27)31-25(24)29-14-18-6-5-9-28-13-18/h5-9,12-13,15H,10-11,14,16H2,1-4H3,(H3,27,29,30,31). The fraction of sp³-hybridized carbons (Fsp3) is 0.308. The molecule has 9 nitrogen and oxygen atoms in total. The third-order valence-electron chi connectivity index (χ3n) is 6.07. The minimum Gasteiger partial charge on any atom is -0.458 e. The first kappa shape index (κ1) is 24.0. The van der Waals surface area contributed by atoms with Crippen molar-refractivity contribution in [3.8, 4) is 11.1 Å². The van der Waals surface area contributed by atoms with E-state index in [0.717, 1.165) is 45.9 Å². The second kappa shape index (κ2) is 9.71. The lowest BCUT2D eigenvalue weighted by Crippen LogP contribution is -2.22. The van der Waals surface area contributed by atoms with Gasteiger partial charge in [0, 0.05) is 44.6 Å². The molecular formula is C26H31N7O2Si. The van der Waals surface area contributed by atoms with Crippen molar-refractivity contribution in [1.29, 1.82) is 0 Å². The first-order chi connectivity index (χ1) is 17.3. The number of ether oxygens (including phenoxy) is 1. The van der Waals surface area contributed by atoms with Gasteiger partial charge in [-0.25, -0.2) is 9.67 Å². The quantitative estimate of drug-likeness (QED) is 0.202. The summed E-state index contributed by atoms with van der Waals surface area (Å²) in [6, 6.07) is 11.2. The van der Waals surface area contributed by atoms with E-state index in [1.807, 2.05) is 23.7 Å². The molecule has 3 N–H and O–H groups in total. The molecule has 0 fully saturated rings. The number of aryl methyl sites for hydroxylation is 1. The number of rotatable bonds is 9. The molecule has 5 rings (SSSR count). The van der Waals surface area contributed by atoms with Crippen molar-refractivity contribution in [2.75, 3.05) is 17.7 Å². The average Bonchev–Trinajstić information content (AvgIpc) is 3.41. The van der Waals surface area contributed by atoms with Gasteiger partial charge in [0.25, 0.3) is 0 Å². The van der Waals surface area contributed by atoms with Crippen molar-refractivity contribution in [2.45, 2.75) is 45.9 Å². The van der Waals surface area contributed by atoms with Crippen molar-refractivity contribution in [1.82, 2.24) is 24.7 Å². The van der Waals surface area contributed by atoms with E-state index in [1.54, 1.807) is 18.7 Å². The topological polar surface area (TPSA) is 117 Å². The summed E-state index contributed by atoms with van der Waals surface area (Å²) in [4.78, 5) is 13.0.